The molecule has 0 spiro atoms. The van der Waals surface area contributed by atoms with Crippen LogP contribution in [0.3, 0.4) is 0 Å². The van der Waals surface area contributed by atoms with Crippen molar-refractivity contribution < 1.29 is 4.74 Å². The maximum Gasteiger partial charge on any atom is 0.0597 e. The van der Waals surface area contributed by atoms with E-state index < -0.39 is 0 Å². The fourth-order valence-electron chi connectivity index (χ4n) is 3.73. The molecule has 2 unspecified atom stereocenters. The summed E-state index contributed by atoms with van der Waals surface area (Å²) in [5, 5.41) is 0. The lowest BCUT2D eigenvalue weighted by atomic mass is 9.73. The highest BCUT2D eigenvalue weighted by Crippen LogP contribution is 2.37. The fraction of sp³-hybridized carbons (Fsp3) is 1.00. The molecule has 2 fully saturated rings. The van der Waals surface area contributed by atoms with E-state index in [2.05, 4.69) is 13.8 Å². The fourth-order valence-corrected chi connectivity index (χ4v) is 3.73. The Labute approximate surface area is 113 Å². The van der Waals surface area contributed by atoms with Crippen molar-refractivity contribution in [1.29, 1.82) is 0 Å². The maximum absolute atomic E-state index is 6.60. The Morgan fingerprint density at radius 2 is 1.89 bits per heavy atom. The Bertz CT molecular complexity index is 245. The second-order valence-electron chi connectivity index (χ2n) is 6.80. The van der Waals surface area contributed by atoms with Gasteiger partial charge in [-0.25, -0.2) is 0 Å². The summed E-state index contributed by atoms with van der Waals surface area (Å²) in [6.45, 7) is 4.47. The third kappa shape index (κ3) is 3.96. The molecule has 0 aromatic heterocycles. The maximum atomic E-state index is 6.60. The van der Waals surface area contributed by atoms with Crippen molar-refractivity contribution in [3.63, 3.8) is 0 Å². The summed E-state index contributed by atoms with van der Waals surface area (Å²) < 4.78 is 5.94. The van der Waals surface area contributed by atoms with Crippen LogP contribution >= 0.6 is 0 Å². The molecule has 0 aromatic carbocycles. The number of ether oxygens (including phenoxy) is 1. The minimum absolute atomic E-state index is 0.0808. The lowest BCUT2D eigenvalue weighted by Gasteiger charge is -2.38. The van der Waals surface area contributed by atoms with E-state index in [1.807, 2.05) is 0 Å². The van der Waals surface area contributed by atoms with Crippen molar-refractivity contribution in [2.24, 2.45) is 11.7 Å². The van der Waals surface area contributed by atoms with Gasteiger partial charge in [-0.15, -0.1) is 0 Å². The number of rotatable bonds is 5. The van der Waals surface area contributed by atoms with Gasteiger partial charge in [-0.3, -0.25) is 0 Å². The van der Waals surface area contributed by atoms with Gasteiger partial charge in [-0.05, 0) is 57.8 Å². The summed E-state index contributed by atoms with van der Waals surface area (Å²) in [5.41, 5.74) is 6.68. The van der Waals surface area contributed by atoms with Crippen LogP contribution in [0, 0.1) is 5.92 Å². The largest absolute Gasteiger partial charge is 0.375 e. The Hall–Kier alpha value is -0.0800. The standard InChI is InChI=1S/C16H31NO/c1-3-4-5-14-8-10-16(17,11-9-14)12-15-7-6-13(2)18-15/h13-15H,3-12,17H2,1-2H3. The molecule has 2 rings (SSSR count). The third-order valence-electron chi connectivity index (χ3n) is 5.02. The predicted molar refractivity (Wildman–Crippen MR) is 76.6 cm³/mol. The summed E-state index contributed by atoms with van der Waals surface area (Å²) in [5.74, 6) is 0.949. The number of unbranched alkanes of at least 4 members (excludes halogenated alkanes) is 1. The van der Waals surface area contributed by atoms with Crippen LogP contribution in [0.15, 0.2) is 0 Å². The predicted octanol–water partition coefficient (Wildman–Crippen LogP) is 4.02. The average molecular weight is 253 g/mol. The highest BCUT2D eigenvalue weighted by atomic mass is 16.5. The highest BCUT2D eigenvalue weighted by Gasteiger charge is 2.35. The molecule has 0 aromatic rings. The number of nitrogens with two attached hydrogens (primary N) is 1. The summed E-state index contributed by atoms with van der Waals surface area (Å²) in [6.07, 6.45) is 13.7. The van der Waals surface area contributed by atoms with Crippen molar-refractivity contribution in [3.05, 3.63) is 0 Å². The molecule has 2 N–H and O–H groups in total. The van der Waals surface area contributed by atoms with Gasteiger partial charge in [-0.2, -0.15) is 0 Å². The van der Waals surface area contributed by atoms with E-state index in [0.717, 1.165) is 12.3 Å². The molecule has 1 saturated heterocycles. The Morgan fingerprint density at radius 1 is 1.17 bits per heavy atom. The molecule has 2 atom stereocenters. The van der Waals surface area contributed by atoms with Gasteiger partial charge in [0.05, 0.1) is 12.2 Å². The van der Waals surface area contributed by atoms with Crippen LogP contribution in [0.4, 0.5) is 0 Å². The van der Waals surface area contributed by atoms with Gasteiger partial charge >= 0.3 is 0 Å². The van der Waals surface area contributed by atoms with Crippen molar-refractivity contribution in [1.82, 2.24) is 0 Å². The third-order valence-corrected chi connectivity index (χ3v) is 5.02. The van der Waals surface area contributed by atoms with Gasteiger partial charge < -0.3 is 10.5 Å². The van der Waals surface area contributed by atoms with Crippen molar-refractivity contribution in [3.8, 4) is 0 Å². The summed E-state index contributed by atoms with van der Waals surface area (Å²) >= 11 is 0. The van der Waals surface area contributed by atoms with Crippen LogP contribution in [-0.2, 0) is 4.74 Å². The van der Waals surface area contributed by atoms with Crippen LogP contribution in [0.1, 0.15) is 78.1 Å². The van der Waals surface area contributed by atoms with Crippen molar-refractivity contribution in [2.75, 3.05) is 0 Å². The Kier molecular flexibility index (Phi) is 5.08. The molecule has 1 saturated carbocycles. The molecule has 106 valence electrons. The lowest BCUT2D eigenvalue weighted by molar-refractivity contribution is 0.0285. The summed E-state index contributed by atoms with van der Waals surface area (Å²) in [7, 11) is 0. The molecular weight excluding hydrogens is 222 g/mol. The van der Waals surface area contributed by atoms with E-state index in [1.165, 1.54) is 57.8 Å². The number of hydrogen-bond donors (Lipinski definition) is 1. The minimum atomic E-state index is 0.0808. The first-order valence-corrected chi connectivity index (χ1v) is 8.05. The van der Waals surface area contributed by atoms with Crippen molar-refractivity contribution >= 4 is 0 Å². The molecule has 0 amide bonds. The molecule has 2 aliphatic rings. The molecule has 1 heterocycles. The molecule has 1 aliphatic carbocycles. The Balaban J connectivity index is 1.73. The lowest BCUT2D eigenvalue weighted by Crippen LogP contribution is -2.46. The first kappa shape index (κ1) is 14.3. The van der Waals surface area contributed by atoms with Crippen LogP contribution < -0.4 is 5.73 Å². The quantitative estimate of drug-likeness (QED) is 0.803. The molecule has 0 bridgehead atoms. The van der Waals surface area contributed by atoms with E-state index in [1.54, 1.807) is 0 Å². The molecule has 0 radical (unpaired) electrons. The summed E-state index contributed by atoms with van der Waals surface area (Å²) in [6, 6.07) is 0. The van der Waals surface area contributed by atoms with Gasteiger partial charge in [0.25, 0.3) is 0 Å². The first-order chi connectivity index (χ1) is 8.61. The van der Waals surface area contributed by atoms with Gasteiger partial charge in [0.15, 0.2) is 0 Å². The average Bonchev–Trinajstić information content (AvgIpc) is 2.74. The normalized spacial score (nSPS) is 41.2. The zero-order valence-electron chi connectivity index (χ0n) is 12.3. The molecule has 2 heteroatoms. The zero-order valence-corrected chi connectivity index (χ0v) is 12.3. The van der Waals surface area contributed by atoms with Crippen LogP contribution in [0.25, 0.3) is 0 Å². The number of hydrogen-bond acceptors (Lipinski definition) is 2. The first-order valence-electron chi connectivity index (χ1n) is 8.05. The molecule has 2 nitrogen and oxygen atoms in total. The smallest absolute Gasteiger partial charge is 0.0597 e. The van der Waals surface area contributed by atoms with Gasteiger partial charge in [0.1, 0.15) is 0 Å². The SMILES string of the molecule is CCCCC1CCC(N)(CC2CCC(C)O2)CC1. The van der Waals surface area contributed by atoms with Gasteiger partial charge in [0, 0.05) is 5.54 Å². The zero-order chi connectivity index (χ0) is 13.0. The van der Waals surface area contributed by atoms with Crippen molar-refractivity contribution in [2.45, 2.75) is 95.8 Å². The van der Waals surface area contributed by atoms with Gasteiger partial charge in [0.2, 0.25) is 0 Å². The monoisotopic (exact) mass is 253 g/mol. The van der Waals surface area contributed by atoms with E-state index >= 15 is 0 Å². The van der Waals surface area contributed by atoms with Gasteiger partial charge in [-0.1, -0.05) is 26.2 Å². The summed E-state index contributed by atoms with van der Waals surface area (Å²) in [4.78, 5) is 0. The van der Waals surface area contributed by atoms with Crippen LogP contribution in [-0.4, -0.2) is 17.7 Å². The molecule has 1 aliphatic heterocycles. The van der Waals surface area contributed by atoms with E-state index in [4.69, 9.17) is 10.5 Å². The second-order valence-corrected chi connectivity index (χ2v) is 6.80. The van der Waals surface area contributed by atoms with Crippen LogP contribution in [0.2, 0.25) is 0 Å². The molecule has 18 heavy (non-hydrogen) atoms. The second kappa shape index (κ2) is 6.38. The topological polar surface area (TPSA) is 35.2 Å². The Morgan fingerprint density at radius 3 is 2.44 bits per heavy atom. The highest BCUT2D eigenvalue weighted by molar-refractivity contribution is 4.93. The minimum Gasteiger partial charge on any atom is -0.375 e. The van der Waals surface area contributed by atoms with Crippen LogP contribution in [0.5, 0.6) is 0 Å². The van der Waals surface area contributed by atoms with E-state index in [-0.39, 0.29) is 5.54 Å². The van der Waals surface area contributed by atoms with E-state index in [9.17, 15) is 0 Å². The van der Waals surface area contributed by atoms with E-state index in [0.29, 0.717) is 12.2 Å². The molecular formula is C16H31NO.